The van der Waals surface area contributed by atoms with Gasteiger partial charge in [-0.1, -0.05) is 28.7 Å². The number of nitrogens with zero attached hydrogens (tertiary/aromatic N) is 4. The molecule has 0 bridgehead atoms. The van der Waals surface area contributed by atoms with Crippen molar-refractivity contribution in [1.29, 1.82) is 0 Å². The fourth-order valence-electron chi connectivity index (χ4n) is 2.69. The van der Waals surface area contributed by atoms with Crippen LogP contribution in [0, 0.1) is 11.8 Å². The van der Waals surface area contributed by atoms with Crippen LogP contribution in [0.5, 0.6) is 0 Å². The fourth-order valence-corrected chi connectivity index (χ4v) is 2.82. The average Bonchev–Trinajstić information content (AvgIpc) is 3.04. The molecule has 23 heavy (non-hydrogen) atoms. The van der Waals surface area contributed by atoms with Gasteiger partial charge in [0, 0.05) is 29.9 Å². The Morgan fingerprint density at radius 1 is 1.22 bits per heavy atom. The summed E-state index contributed by atoms with van der Waals surface area (Å²) in [5.74, 6) is 6.33. The number of hydrogen-bond acceptors (Lipinski definition) is 4. The molecule has 2 aromatic rings. The minimum Gasteiger partial charge on any atom is -0.388 e. The SMILES string of the molecule is OC1(Cn2ccnn2)CCN(CC#Cc2ccc(Cl)cc2)CC1. The Kier molecular flexibility index (Phi) is 4.97. The molecule has 1 aliphatic heterocycles. The zero-order valence-corrected chi connectivity index (χ0v) is 13.6. The van der Waals surface area contributed by atoms with Gasteiger partial charge >= 0.3 is 0 Å². The summed E-state index contributed by atoms with van der Waals surface area (Å²) in [6, 6.07) is 7.53. The van der Waals surface area contributed by atoms with Crippen LogP contribution < -0.4 is 0 Å². The van der Waals surface area contributed by atoms with Gasteiger partial charge in [0.05, 0.1) is 24.9 Å². The molecule has 1 aromatic carbocycles. The number of likely N-dealkylation sites (tertiary alicyclic amines) is 1. The van der Waals surface area contributed by atoms with E-state index in [1.165, 1.54) is 0 Å². The van der Waals surface area contributed by atoms with Gasteiger partial charge in [-0.05, 0) is 37.1 Å². The van der Waals surface area contributed by atoms with Crippen molar-refractivity contribution < 1.29 is 5.11 Å². The number of hydrogen-bond donors (Lipinski definition) is 1. The lowest BCUT2D eigenvalue weighted by Crippen LogP contribution is -2.46. The Balaban J connectivity index is 1.48. The van der Waals surface area contributed by atoms with E-state index in [4.69, 9.17) is 11.6 Å². The fraction of sp³-hybridized carbons (Fsp3) is 0.412. The molecule has 0 saturated carbocycles. The molecular formula is C17H19ClN4O. The predicted octanol–water partition coefficient (Wildman–Crippen LogP) is 1.81. The van der Waals surface area contributed by atoms with Crippen molar-refractivity contribution in [2.24, 2.45) is 0 Å². The van der Waals surface area contributed by atoms with Gasteiger partial charge in [0.25, 0.3) is 0 Å². The monoisotopic (exact) mass is 330 g/mol. The van der Waals surface area contributed by atoms with Crippen LogP contribution in [0.25, 0.3) is 0 Å². The van der Waals surface area contributed by atoms with E-state index in [0.717, 1.165) is 36.5 Å². The van der Waals surface area contributed by atoms with Gasteiger partial charge in [-0.25, -0.2) is 4.68 Å². The van der Waals surface area contributed by atoms with Crippen molar-refractivity contribution in [3.63, 3.8) is 0 Å². The lowest BCUT2D eigenvalue weighted by atomic mass is 9.91. The maximum atomic E-state index is 10.6. The van der Waals surface area contributed by atoms with E-state index < -0.39 is 5.60 Å². The quantitative estimate of drug-likeness (QED) is 0.872. The standard InChI is InChI=1S/C17H19ClN4O/c18-16-5-3-15(4-6-16)2-1-10-21-11-7-17(23,8-12-21)14-22-13-9-19-20-22/h3-6,9,13,23H,7-8,10-12,14H2. The maximum absolute atomic E-state index is 10.6. The van der Waals surface area contributed by atoms with Crippen molar-refractivity contribution in [1.82, 2.24) is 19.9 Å². The van der Waals surface area contributed by atoms with E-state index in [1.54, 1.807) is 17.1 Å². The van der Waals surface area contributed by atoms with Gasteiger partial charge in [0.15, 0.2) is 0 Å². The van der Waals surface area contributed by atoms with Crippen molar-refractivity contribution >= 4 is 11.6 Å². The van der Waals surface area contributed by atoms with E-state index in [1.807, 2.05) is 24.3 Å². The van der Waals surface area contributed by atoms with Crippen LogP contribution in [0.1, 0.15) is 18.4 Å². The number of halogens is 1. The molecule has 0 radical (unpaired) electrons. The minimum absolute atomic E-state index is 0.497. The molecule has 0 spiro atoms. The van der Waals surface area contributed by atoms with Crippen LogP contribution in [0.4, 0.5) is 0 Å². The van der Waals surface area contributed by atoms with Gasteiger partial charge in [-0.2, -0.15) is 0 Å². The van der Waals surface area contributed by atoms with E-state index in [2.05, 4.69) is 27.1 Å². The normalized spacial score (nSPS) is 17.5. The van der Waals surface area contributed by atoms with Gasteiger partial charge in [0.1, 0.15) is 0 Å². The molecule has 0 amide bonds. The van der Waals surface area contributed by atoms with Gasteiger partial charge < -0.3 is 5.11 Å². The molecule has 1 N–H and O–H groups in total. The lowest BCUT2D eigenvalue weighted by Gasteiger charge is -2.37. The summed E-state index contributed by atoms with van der Waals surface area (Å²) >= 11 is 5.85. The molecule has 0 aliphatic carbocycles. The van der Waals surface area contributed by atoms with Crippen LogP contribution in [-0.4, -0.2) is 50.2 Å². The third kappa shape index (κ3) is 4.55. The summed E-state index contributed by atoms with van der Waals surface area (Å²) in [5.41, 5.74) is 0.266. The predicted molar refractivity (Wildman–Crippen MR) is 89.0 cm³/mol. The molecular weight excluding hydrogens is 312 g/mol. The average molecular weight is 331 g/mol. The van der Waals surface area contributed by atoms with Crippen molar-refractivity contribution in [2.75, 3.05) is 19.6 Å². The minimum atomic E-state index is -0.701. The highest BCUT2D eigenvalue weighted by atomic mass is 35.5. The summed E-state index contributed by atoms with van der Waals surface area (Å²) in [7, 11) is 0. The third-order valence-electron chi connectivity index (χ3n) is 4.09. The first-order chi connectivity index (χ1) is 11.1. The van der Waals surface area contributed by atoms with Crippen LogP contribution in [0.15, 0.2) is 36.7 Å². The number of rotatable bonds is 3. The summed E-state index contributed by atoms with van der Waals surface area (Å²) in [6.07, 6.45) is 4.84. The van der Waals surface area contributed by atoms with Gasteiger partial charge in [-0.15, -0.1) is 5.10 Å². The van der Waals surface area contributed by atoms with Gasteiger partial charge in [0.2, 0.25) is 0 Å². The van der Waals surface area contributed by atoms with Crippen LogP contribution in [0.3, 0.4) is 0 Å². The highest BCUT2D eigenvalue weighted by Crippen LogP contribution is 2.23. The lowest BCUT2D eigenvalue weighted by molar-refractivity contribution is -0.0342. The van der Waals surface area contributed by atoms with Crippen molar-refractivity contribution in [2.45, 2.75) is 25.0 Å². The third-order valence-corrected chi connectivity index (χ3v) is 4.35. The second-order valence-electron chi connectivity index (χ2n) is 5.91. The zero-order chi connectivity index (χ0) is 16.1. The summed E-state index contributed by atoms with van der Waals surface area (Å²) in [6.45, 7) is 2.88. The molecule has 1 saturated heterocycles. The molecule has 2 heterocycles. The zero-order valence-electron chi connectivity index (χ0n) is 12.8. The molecule has 1 fully saturated rings. The molecule has 3 rings (SSSR count). The van der Waals surface area contributed by atoms with E-state index in [0.29, 0.717) is 13.1 Å². The van der Waals surface area contributed by atoms with E-state index >= 15 is 0 Å². The molecule has 120 valence electrons. The highest BCUT2D eigenvalue weighted by Gasteiger charge is 2.32. The first-order valence-electron chi connectivity index (χ1n) is 7.66. The van der Waals surface area contributed by atoms with Crippen LogP contribution >= 0.6 is 11.6 Å². The van der Waals surface area contributed by atoms with E-state index in [-0.39, 0.29) is 0 Å². The first-order valence-corrected chi connectivity index (χ1v) is 8.04. The topological polar surface area (TPSA) is 54.2 Å². The second kappa shape index (κ2) is 7.14. The largest absolute Gasteiger partial charge is 0.388 e. The molecule has 0 unspecified atom stereocenters. The molecule has 1 aliphatic rings. The molecule has 5 nitrogen and oxygen atoms in total. The number of aromatic nitrogens is 3. The first kappa shape index (κ1) is 16.0. The van der Waals surface area contributed by atoms with Crippen molar-refractivity contribution in [3.8, 4) is 11.8 Å². The summed E-state index contributed by atoms with van der Waals surface area (Å²) in [4.78, 5) is 2.26. The second-order valence-corrected chi connectivity index (χ2v) is 6.35. The number of piperidine rings is 1. The Morgan fingerprint density at radius 3 is 2.61 bits per heavy atom. The Labute approximate surface area is 140 Å². The van der Waals surface area contributed by atoms with Crippen LogP contribution in [-0.2, 0) is 6.54 Å². The smallest absolute Gasteiger partial charge is 0.0867 e. The number of benzene rings is 1. The van der Waals surface area contributed by atoms with Crippen molar-refractivity contribution in [3.05, 3.63) is 47.2 Å². The Morgan fingerprint density at radius 2 is 1.96 bits per heavy atom. The summed E-state index contributed by atoms with van der Waals surface area (Å²) in [5, 5.41) is 19.0. The Hall–Kier alpha value is -1.87. The molecule has 1 aromatic heterocycles. The maximum Gasteiger partial charge on any atom is 0.0867 e. The van der Waals surface area contributed by atoms with E-state index in [9.17, 15) is 5.11 Å². The molecule has 0 atom stereocenters. The summed E-state index contributed by atoms with van der Waals surface area (Å²) < 4.78 is 1.69. The highest BCUT2D eigenvalue weighted by molar-refractivity contribution is 6.30. The Bertz CT molecular complexity index is 680. The molecule has 6 heteroatoms. The van der Waals surface area contributed by atoms with Gasteiger partial charge in [-0.3, -0.25) is 4.90 Å². The van der Waals surface area contributed by atoms with Crippen LogP contribution in [0.2, 0.25) is 5.02 Å². The number of aliphatic hydroxyl groups is 1.